The predicted octanol–water partition coefficient (Wildman–Crippen LogP) is 4.48. The number of anilines is 1. The van der Waals surface area contributed by atoms with Crippen molar-refractivity contribution in [1.82, 2.24) is 9.97 Å². The van der Waals surface area contributed by atoms with Crippen LogP contribution in [0.4, 0.5) is 23.2 Å². The average Bonchev–Trinajstić information content (AvgIpc) is 2.70. The van der Waals surface area contributed by atoms with Gasteiger partial charge in [0.15, 0.2) is 5.60 Å². The van der Waals surface area contributed by atoms with Gasteiger partial charge in [-0.1, -0.05) is 12.1 Å². The molecular formula is C21H19F4N3O2. The number of methoxy groups -OCH3 is 1. The van der Waals surface area contributed by atoms with E-state index in [0.717, 1.165) is 6.07 Å². The molecule has 2 aromatic carbocycles. The number of rotatable bonds is 3. The van der Waals surface area contributed by atoms with E-state index >= 15 is 0 Å². The van der Waals surface area contributed by atoms with Crippen molar-refractivity contribution in [2.24, 2.45) is 0 Å². The molecule has 0 saturated heterocycles. The molecule has 0 spiro atoms. The number of hydrogen-bond donors (Lipinski definition) is 2. The molecule has 2 N–H and O–H groups in total. The number of ether oxygens (including phenoxy) is 1. The van der Waals surface area contributed by atoms with E-state index in [-0.39, 0.29) is 28.6 Å². The Morgan fingerprint density at radius 2 is 2.00 bits per heavy atom. The van der Waals surface area contributed by atoms with Crippen LogP contribution >= 0.6 is 0 Å². The molecule has 0 amide bonds. The van der Waals surface area contributed by atoms with Crippen molar-refractivity contribution in [1.29, 1.82) is 0 Å². The van der Waals surface area contributed by atoms with Gasteiger partial charge in [-0.05, 0) is 49.1 Å². The van der Waals surface area contributed by atoms with Crippen molar-refractivity contribution < 1.29 is 27.4 Å². The third-order valence-corrected chi connectivity index (χ3v) is 5.55. The highest BCUT2D eigenvalue weighted by molar-refractivity contribution is 5.91. The van der Waals surface area contributed by atoms with E-state index in [1.165, 1.54) is 25.4 Å². The second-order valence-corrected chi connectivity index (χ2v) is 7.30. The summed E-state index contributed by atoms with van der Waals surface area (Å²) in [4.78, 5) is 8.09. The molecule has 0 radical (unpaired) electrons. The fourth-order valence-corrected chi connectivity index (χ4v) is 3.99. The topological polar surface area (TPSA) is 67.3 Å². The summed E-state index contributed by atoms with van der Waals surface area (Å²) in [6.07, 6.45) is -4.09. The Kier molecular flexibility index (Phi) is 4.80. The summed E-state index contributed by atoms with van der Waals surface area (Å²) in [5.74, 6) is 0.169. The molecule has 3 aromatic rings. The van der Waals surface area contributed by atoms with Crippen molar-refractivity contribution in [3.05, 3.63) is 59.3 Å². The lowest BCUT2D eigenvalue weighted by Crippen LogP contribution is -2.54. The van der Waals surface area contributed by atoms with Gasteiger partial charge in [-0.15, -0.1) is 0 Å². The van der Waals surface area contributed by atoms with E-state index in [1.54, 1.807) is 19.1 Å². The zero-order valence-electron chi connectivity index (χ0n) is 16.2. The third-order valence-electron chi connectivity index (χ3n) is 5.55. The third kappa shape index (κ3) is 3.13. The summed E-state index contributed by atoms with van der Waals surface area (Å²) >= 11 is 0. The van der Waals surface area contributed by atoms with Gasteiger partial charge in [0.2, 0.25) is 0 Å². The minimum atomic E-state index is -4.89. The molecule has 30 heavy (non-hydrogen) atoms. The van der Waals surface area contributed by atoms with Gasteiger partial charge in [-0.3, -0.25) is 0 Å². The molecule has 4 rings (SSSR count). The molecule has 0 fully saturated rings. The first-order chi connectivity index (χ1) is 14.2. The first-order valence-electron chi connectivity index (χ1n) is 9.29. The van der Waals surface area contributed by atoms with Crippen LogP contribution in [0.5, 0.6) is 5.75 Å². The number of fused-ring (bicyclic) bond motifs is 2. The largest absolute Gasteiger partial charge is 0.496 e. The molecule has 158 valence electrons. The number of halogens is 4. The molecule has 0 saturated carbocycles. The maximum Gasteiger partial charge on any atom is 0.419 e. The molecule has 0 bridgehead atoms. The van der Waals surface area contributed by atoms with E-state index in [0.29, 0.717) is 17.1 Å². The smallest absolute Gasteiger partial charge is 0.419 e. The van der Waals surface area contributed by atoms with Gasteiger partial charge in [-0.2, -0.15) is 13.2 Å². The lowest BCUT2D eigenvalue weighted by Gasteiger charge is -2.43. The van der Waals surface area contributed by atoms with Gasteiger partial charge in [-0.25, -0.2) is 14.4 Å². The number of alkyl halides is 3. The summed E-state index contributed by atoms with van der Waals surface area (Å²) in [5.41, 5.74) is -1.99. The fourth-order valence-electron chi connectivity index (χ4n) is 3.99. The Labute approximate surface area is 169 Å². The Hall–Kier alpha value is -2.94. The molecule has 9 heteroatoms. The normalized spacial score (nSPS) is 21.4. The van der Waals surface area contributed by atoms with Gasteiger partial charge >= 0.3 is 6.18 Å². The van der Waals surface area contributed by atoms with E-state index in [9.17, 15) is 22.7 Å². The Bertz CT molecular complexity index is 1120. The number of aromatic nitrogens is 2. The second kappa shape index (κ2) is 7.09. The van der Waals surface area contributed by atoms with Crippen LogP contribution in [0, 0.1) is 12.7 Å². The van der Waals surface area contributed by atoms with Gasteiger partial charge in [0, 0.05) is 17.3 Å². The first kappa shape index (κ1) is 20.3. The molecule has 1 heterocycles. The summed E-state index contributed by atoms with van der Waals surface area (Å²) in [6.45, 7) is 1.59. The Balaban J connectivity index is 1.89. The minimum Gasteiger partial charge on any atom is -0.496 e. The molecule has 2 atom stereocenters. The molecule has 2 unspecified atom stereocenters. The summed E-state index contributed by atoms with van der Waals surface area (Å²) in [7, 11) is 1.44. The maximum absolute atomic E-state index is 14.2. The number of nitrogens with zero attached hydrogens (tertiary/aromatic N) is 2. The monoisotopic (exact) mass is 421 g/mol. The fraction of sp³-hybridized carbons (Fsp3) is 0.333. The van der Waals surface area contributed by atoms with E-state index in [4.69, 9.17) is 4.74 Å². The Morgan fingerprint density at radius 3 is 2.70 bits per heavy atom. The number of aliphatic hydroxyl groups is 1. The predicted molar refractivity (Wildman–Crippen MR) is 103 cm³/mol. The highest BCUT2D eigenvalue weighted by atomic mass is 19.4. The van der Waals surface area contributed by atoms with Crippen molar-refractivity contribution in [3.8, 4) is 5.75 Å². The molecule has 5 nitrogen and oxygen atoms in total. The van der Waals surface area contributed by atoms with Crippen LogP contribution in [-0.4, -0.2) is 34.0 Å². The molecule has 1 aliphatic carbocycles. The van der Waals surface area contributed by atoms with E-state index < -0.39 is 30.1 Å². The highest BCUT2D eigenvalue weighted by Crippen LogP contribution is 2.50. The minimum absolute atomic E-state index is 0.00000795. The summed E-state index contributed by atoms with van der Waals surface area (Å²) in [5, 5.41) is 13.8. The van der Waals surface area contributed by atoms with Gasteiger partial charge < -0.3 is 15.2 Å². The molecular weight excluding hydrogens is 402 g/mol. The number of aryl methyl sites for hydroxylation is 1. The zero-order chi connectivity index (χ0) is 21.7. The van der Waals surface area contributed by atoms with Crippen LogP contribution in [0.2, 0.25) is 0 Å². The lowest BCUT2D eigenvalue weighted by atomic mass is 9.75. The standard InChI is InChI=1S/C21H19F4N3O2/c1-11-26-10-14-16(7-6-15(22)18(14)27-11)28-19-13-4-3-5-17(30-2)12(13)8-9-20(19,29)21(23,24)25/h3-7,10,19,28-29H,8-9H2,1-2H3. The van der Waals surface area contributed by atoms with Gasteiger partial charge in [0.05, 0.1) is 13.2 Å². The average molecular weight is 421 g/mol. The van der Waals surface area contributed by atoms with Crippen molar-refractivity contribution in [2.45, 2.75) is 37.6 Å². The zero-order valence-corrected chi connectivity index (χ0v) is 16.2. The Morgan fingerprint density at radius 1 is 1.23 bits per heavy atom. The second-order valence-electron chi connectivity index (χ2n) is 7.30. The van der Waals surface area contributed by atoms with Crippen LogP contribution < -0.4 is 10.1 Å². The van der Waals surface area contributed by atoms with Crippen LogP contribution in [0.1, 0.15) is 29.4 Å². The number of benzene rings is 2. The SMILES string of the molecule is COc1cccc2c1CCC(O)(C(F)(F)F)C2Nc1ccc(F)c2nc(C)ncc12. The van der Waals surface area contributed by atoms with Crippen LogP contribution in [0.25, 0.3) is 10.9 Å². The van der Waals surface area contributed by atoms with Crippen molar-refractivity contribution in [2.75, 3.05) is 12.4 Å². The summed E-state index contributed by atoms with van der Waals surface area (Å²) in [6, 6.07) is 5.67. The maximum atomic E-state index is 14.2. The molecule has 1 aliphatic rings. The number of hydrogen-bond acceptors (Lipinski definition) is 5. The highest BCUT2D eigenvalue weighted by Gasteiger charge is 2.60. The molecule has 0 aliphatic heterocycles. The summed E-state index contributed by atoms with van der Waals surface area (Å²) < 4.78 is 61.5. The van der Waals surface area contributed by atoms with Gasteiger partial charge in [0.1, 0.15) is 22.9 Å². The van der Waals surface area contributed by atoms with E-state index in [2.05, 4.69) is 15.3 Å². The van der Waals surface area contributed by atoms with Gasteiger partial charge in [0.25, 0.3) is 0 Å². The van der Waals surface area contributed by atoms with E-state index in [1.807, 2.05) is 0 Å². The van der Waals surface area contributed by atoms with Crippen LogP contribution in [0.15, 0.2) is 36.5 Å². The lowest BCUT2D eigenvalue weighted by molar-refractivity contribution is -0.270. The first-order valence-corrected chi connectivity index (χ1v) is 9.29. The van der Waals surface area contributed by atoms with Crippen LogP contribution in [0.3, 0.4) is 0 Å². The number of nitrogens with one attached hydrogen (secondary N) is 1. The molecule has 1 aromatic heterocycles. The quantitative estimate of drug-likeness (QED) is 0.611. The van der Waals surface area contributed by atoms with Crippen molar-refractivity contribution >= 4 is 16.6 Å². The van der Waals surface area contributed by atoms with Crippen LogP contribution in [-0.2, 0) is 6.42 Å². The van der Waals surface area contributed by atoms with Crippen molar-refractivity contribution in [3.63, 3.8) is 0 Å².